The van der Waals surface area contributed by atoms with Gasteiger partial charge in [-0.05, 0) is 19.4 Å². The SMILES string of the molecule is CC1(C)O[C@H]2O[C@H]([C@@H](C#N)C[N+](=O)[O-])[C@H](OCc3ccccc3)[C@H]2O1. The third-order valence-electron chi connectivity index (χ3n) is 4.22. The first-order valence-electron chi connectivity index (χ1n) is 8.07. The van der Waals surface area contributed by atoms with Gasteiger partial charge in [-0.15, -0.1) is 0 Å². The highest BCUT2D eigenvalue weighted by Gasteiger charge is 2.57. The third-order valence-corrected chi connectivity index (χ3v) is 4.22. The van der Waals surface area contributed by atoms with Crippen molar-refractivity contribution in [2.24, 2.45) is 5.92 Å². The molecule has 0 unspecified atom stereocenters. The van der Waals surface area contributed by atoms with Crippen molar-refractivity contribution in [2.75, 3.05) is 6.54 Å². The summed E-state index contributed by atoms with van der Waals surface area (Å²) in [5.74, 6) is -1.78. The van der Waals surface area contributed by atoms with E-state index in [4.69, 9.17) is 18.9 Å². The predicted octanol–water partition coefficient (Wildman–Crippen LogP) is 1.86. The number of ether oxygens (including phenoxy) is 4. The van der Waals surface area contributed by atoms with E-state index in [1.54, 1.807) is 13.8 Å². The van der Waals surface area contributed by atoms with E-state index in [0.29, 0.717) is 0 Å². The Hall–Kier alpha value is -2.05. The summed E-state index contributed by atoms with van der Waals surface area (Å²) in [5, 5.41) is 20.2. The summed E-state index contributed by atoms with van der Waals surface area (Å²) in [6.45, 7) is 3.29. The van der Waals surface area contributed by atoms with Gasteiger partial charge in [-0.3, -0.25) is 10.1 Å². The summed E-state index contributed by atoms with van der Waals surface area (Å²) >= 11 is 0. The van der Waals surface area contributed by atoms with E-state index in [0.717, 1.165) is 5.56 Å². The number of nitro groups is 1. The quantitative estimate of drug-likeness (QED) is 0.571. The van der Waals surface area contributed by atoms with Gasteiger partial charge in [0.25, 0.3) is 0 Å². The van der Waals surface area contributed by atoms with Crippen molar-refractivity contribution in [1.82, 2.24) is 0 Å². The normalized spacial score (nSPS) is 31.2. The van der Waals surface area contributed by atoms with Crippen LogP contribution >= 0.6 is 0 Å². The van der Waals surface area contributed by atoms with Gasteiger partial charge in [0.15, 0.2) is 12.1 Å². The lowest BCUT2D eigenvalue weighted by molar-refractivity contribution is -0.488. The number of hydrogen-bond acceptors (Lipinski definition) is 7. The van der Waals surface area contributed by atoms with Gasteiger partial charge < -0.3 is 18.9 Å². The molecule has 0 saturated carbocycles. The molecular formula is C17H20N2O6. The summed E-state index contributed by atoms with van der Waals surface area (Å²) < 4.78 is 23.3. The minimum atomic E-state index is -0.948. The highest BCUT2D eigenvalue weighted by atomic mass is 16.8. The summed E-state index contributed by atoms with van der Waals surface area (Å²) in [5.41, 5.74) is 0.950. The fourth-order valence-electron chi connectivity index (χ4n) is 3.16. The van der Waals surface area contributed by atoms with Gasteiger partial charge in [0.2, 0.25) is 6.54 Å². The van der Waals surface area contributed by atoms with Crippen molar-refractivity contribution in [3.63, 3.8) is 0 Å². The second-order valence-corrected chi connectivity index (χ2v) is 6.58. The van der Waals surface area contributed by atoms with E-state index in [-0.39, 0.29) is 6.61 Å². The fourth-order valence-corrected chi connectivity index (χ4v) is 3.16. The molecule has 2 saturated heterocycles. The molecule has 0 radical (unpaired) electrons. The lowest BCUT2D eigenvalue weighted by Gasteiger charge is -2.27. The zero-order valence-corrected chi connectivity index (χ0v) is 14.0. The molecule has 8 nitrogen and oxygen atoms in total. The van der Waals surface area contributed by atoms with Crippen molar-refractivity contribution in [3.8, 4) is 6.07 Å². The lowest BCUT2D eigenvalue weighted by atomic mass is 9.98. The van der Waals surface area contributed by atoms with E-state index in [9.17, 15) is 15.4 Å². The first-order chi connectivity index (χ1) is 11.9. The van der Waals surface area contributed by atoms with Crippen LogP contribution in [0, 0.1) is 27.4 Å². The van der Waals surface area contributed by atoms with E-state index in [2.05, 4.69) is 0 Å². The summed E-state index contributed by atoms with van der Waals surface area (Å²) in [6.07, 6.45) is -2.66. The standard InChI is InChI=1S/C17H20N2O6/c1-17(2)24-15-14(22-10-11-6-4-3-5-7-11)13(23-16(15)25-17)12(8-18)9-19(20)21/h3-7,12-16H,9-10H2,1-2H3/t12-,13+,14-,15+,16+/m0/s1. The van der Waals surface area contributed by atoms with Gasteiger partial charge in [-0.25, -0.2) is 0 Å². The van der Waals surface area contributed by atoms with Gasteiger partial charge in [0.05, 0.1) is 12.7 Å². The molecular weight excluding hydrogens is 328 g/mol. The maximum absolute atomic E-state index is 10.9. The molecule has 2 heterocycles. The van der Waals surface area contributed by atoms with Crippen LogP contribution in [0.15, 0.2) is 30.3 Å². The smallest absolute Gasteiger partial charge is 0.222 e. The van der Waals surface area contributed by atoms with Crippen LogP contribution in [-0.4, -0.2) is 41.9 Å². The maximum atomic E-state index is 10.9. The largest absolute Gasteiger partial charge is 0.368 e. The average molecular weight is 348 g/mol. The molecule has 1 aromatic carbocycles. The third kappa shape index (κ3) is 3.96. The zero-order valence-electron chi connectivity index (χ0n) is 14.0. The molecule has 134 valence electrons. The Morgan fingerprint density at radius 3 is 2.72 bits per heavy atom. The first-order valence-corrected chi connectivity index (χ1v) is 8.07. The Balaban J connectivity index is 1.77. The minimum Gasteiger partial charge on any atom is -0.368 e. The van der Waals surface area contributed by atoms with E-state index in [1.165, 1.54) is 0 Å². The van der Waals surface area contributed by atoms with Gasteiger partial charge in [0, 0.05) is 4.92 Å². The molecule has 0 amide bonds. The Morgan fingerprint density at radius 1 is 1.36 bits per heavy atom. The molecule has 25 heavy (non-hydrogen) atoms. The molecule has 0 N–H and O–H groups in total. The molecule has 1 aromatic rings. The second kappa shape index (κ2) is 7.06. The van der Waals surface area contributed by atoms with Gasteiger partial charge in [0.1, 0.15) is 24.2 Å². The fraction of sp³-hybridized carbons (Fsp3) is 0.588. The molecule has 5 atom stereocenters. The minimum absolute atomic E-state index is 0.287. The molecule has 2 fully saturated rings. The maximum Gasteiger partial charge on any atom is 0.222 e. The molecule has 3 rings (SSSR count). The van der Waals surface area contributed by atoms with Crippen LogP contribution in [0.5, 0.6) is 0 Å². The van der Waals surface area contributed by atoms with Crippen LogP contribution in [-0.2, 0) is 25.6 Å². The topological polar surface area (TPSA) is 104 Å². The molecule has 2 aliphatic rings. The number of rotatable bonds is 6. The Labute approximate surface area is 145 Å². The molecule has 0 spiro atoms. The first kappa shape index (κ1) is 17.8. The van der Waals surface area contributed by atoms with Crippen molar-refractivity contribution in [1.29, 1.82) is 5.26 Å². The Kier molecular flexibility index (Phi) is 5.01. The van der Waals surface area contributed by atoms with Crippen LogP contribution in [0.3, 0.4) is 0 Å². The average Bonchev–Trinajstić information content (AvgIpc) is 3.03. The van der Waals surface area contributed by atoms with Crippen LogP contribution in [0.1, 0.15) is 19.4 Å². The molecule has 8 heteroatoms. The number of benzene rings is 1. The van der Waals surface area contributed by atoms with Gasteiger partial charge in [-0.2, -0.15) is 5.26 Å². The Morgan fingerprint density at radius 2 is 2.08 bits per heavy atom. The van der Waals surface area contributed by atoms with Crippen molar-refractivity contribution in [3.05, 3.63) is 46.0 Å². The highest BCUT2D eigenvalue weighted by molar-refractivity contribution is 5.14. The summed E-state index contributed by atoms with van der Waals surface area (Å²) in [7, 11) is 0. The van der Waals surface area contributed by atoms with E-state index in [1.807, 2.05) is 36.4 Å². The molecule has 0 aromatic heterocycles. The lowest BCUT2D eigenvalue weighted by Crippen LogP contribution is -2.41. The predicted molar refractivity (Wildman–Crippen MR) is 84.7 cm³/mol. The number of hydrogen-bond donors (Lipinski definition) is 0. The van der Waals surface area contributed by atoms with E-state index < -0.39 is 47.8 Å². The monoisotopic (exact) mass is 348 g/mol. The molecule has 0 aliphatic carbocycles. The van der Waals surface area contributed by atoms with Gasteiger partial charge >= 0.3 is 0 Å². The van der Waals surface area contributed by atoms with Crippen LogP contribution in [0.25, 0.3) is 0 Å². The summed E-state index contributed by atoms with van der Waals surface area (Å²) in [6, 6.07) is 11.5. The number of fused-ring (bicyclic) bond motifs is 1. The van der Waals surface area contributed by atoms with Crippen molar-refractivity contribution < 1.29 is 23.9 Å². The Bertz CT molecular complexity index is 659. The molecule has 2 aliphatic heterocycles. The zero-order chi connectivity index (χ0) is 18.0. The number of nitriles is 1. The van der Waals surface area contributed by atoms with Crippen LogP contribution in [0.4, 0.5) is 0 Å². The van der Waals surface area contributed by atoms with Crippen molar-refractivity contribution in [2.45, 2.75) is 50.8 Å². The van der Waals surface area contributed by atoms with Gasteiger partial charge in [-0.1, -0.05) is 30.3 Å². The van der Waals surface area contributed by atoms with Crippen molar-refractivity contribution >= 4 is 0 Å². The van der Waals surface area contributed by atoms with Crippen LogP contribution < -0.4 is 0 Å². The summed E-state index contributed by atoms with van der Waals surface area (Å²) in [4.78, 5) is 10.3. The number of nitrogens with zero attached hydrogens (tertiary/aromatic N) is 2. The van der Waals surface area contributed by atoms with Crippen LogP contribution in [0.2, 0.25) is 0 Å². The highest BCUT2D eigenvalue weighted by Crippen LogP contribution is 2.41. The van der Waals surface area contributed by atoms with E-state index >= 15 is 0 Å². The second-order valence-electron chi connectivity index (χ2n) is 6.58. The molecule has 0 bridgehead atoms.